The van der Waals surface area contributed by atoms with Gasteiger partial charge < -0.3 is 19.9 Å². The van der Waals surface area contributed by atoms with Gasteiger partial charge in [0, 0.05) is 32.1 Å². The summed E-state index contributed by atoms with van der Waals surface area (Å²) in [6.45, 7) is 7.28. The molecule has 3 amide bonds. The molecule has 2 aliphatic heterocycles. The molecule has 164 valence electrons. The number of benzene rings is 1. The predicted molar refractivity (Wildman–Crippen MR) is 115 cm³/mol. The van der Waals surface area contributed by atoms with Crippen molar-refractivity contribution < 1.29 is 19.1 Å². The molecule has 30 heavy (non-hydrogen) atoms. The lowest BCUT2D eigenvalue weighted by Gasteiger charge is -2.38. The minimum atomic E-state index is -0.569. The van der Waals surface area contributed by atoms with Crippen LogP contribution >= 0.6 is 0 Å². The van der Waals surface area contributed by atoms with Gasteiger partial charge in [-0.05, 0) is 45.2 Å². The Balaban J connectivity index is 1.61. The van der Waals surface area contributed by atoms with E-state index >= 15 is 0 Å². The maximum atomic E-state index is 13.0. The van der Waals surface area contributed by atoms with Crippen molar-refractivity contribution in [2.45, 2.75) is 65.0 Å². The number of carbonyl (C=O) groups excluding carboxylic acids is 3. The van der Waals surface area contributed by atoms with Crippen LogP contribution in [0.4, 0.5) is 5.69 Å². The first-order valence-electron chi connectivity index (χ1n) is 11.1. The number of nitrogens with zero attached hydrogens (tertiary/aromatic N) is 2. The van der Waals surface area contributed by atoms with Crippen LogP contribution in [0.25, 0.3) is 0 Å². The first-order chi connectivity index (χ1) is 14.4. The molecule has 0 aromatic heterocycles. The molecule has 0 radical (unpaired) electrons. The monoisotopic (exact) mass is 415 g/mol. The van der Waals surface area contributed by atoms with E-state index in [9.17, 15) is 14.4 Å². The highest BCUT2D eigenvalue weighted by Crippen LogP contribution is 2.33. The van der Waals surface area contributed by atoms with E-state index in [2.05, 4.69) is 12.2 Å². The average molecular weight is 416 g/mol. The summed E-state index contributed by atoms with van der Waals surface area (Å²) >= 11 is 0. The SMILES string of the molecule is CCCCNC(=O)C1CCC(C)N(C(=O)CCN2C(=O)C(C)Oc3ccccc32)C1. The second-order valence-electron chi connectivity index (χ2n) is 8.28. The van der Waals surface area contributed by atoms with Crippen molar-refractivity contribution in [1.29, 1.82) is 0 Å². The number of amides is 3. The number of fused-ring (bicyclic) bond motifs is 1. The summed E-state index contributed by atoms with van der Waals surface area (Å²) in [7, 11) is 0. The summed E-state index contributed by atoms with van der Waals surface area (Å²) in [5, 5.41) is 2.99. The first-order valence-corrected chi connectivity index (χ1v) is 11.1. The molecule has 7 nitrogen and oxygen atoms in total. The predicted octanol–water partition coefficient (Wildman–Crippen LogP) is 2.73. The van der Waals surface area contributed by atoms with E-state index in [4.69, 9.17) is 4.74 Å². The molecule has 3 atom stereocenters. The quantitative estimate of drug-likeness (QED) is 0.695. The molecule has 3 rings (SSSR count). The van der Waals surface area contributed by atoms with Crippen molar-refractivity contribution >= 4 is 23.4 Å². The van der Waals surface area contributed by atoms with Gasteiger partial charge in [-0.15, -0.1) is 0 Å². The summed E-state index contributed by atoms with van der Waals surface area (Å²) < 4.78 is 5.66. The van der Waals surface area contributed by atoms with Crippen molar-refractivity contribution in [1.82, 2.24) is 10.2 Å². The molecule has 2 aliphatic rings. The van der Waals surface area contributed by atoms with Crippen molar-refractivity contribution in [2.75, 3.05) is 24.5 Å². The molecular formula is C23H33N3O4. The maximum absolute atomic E-state index is 13.0. The molecule has 1 aromatic rings. The van der Waals surface area contributed by atoms with Gasteiger partial charge in [0.05, 0.1) is 11.6 Å². The van der Waals surface area contributed by atoms with E-state index in [0.717, 1.165) is 25.7 Å². The Labute approximate surface area is 178 Å². The second kappa shape index (κ2) is 9.96. The van der Waals surface area contributed by atoms with E-state index in [-0.39, 0.29) is 36.1 Å². The number of unbranched alkanes of at least 4 members (excludes halogenated alkanes) is 1. The molecule has 1 N–H and O–H groups in total. The van der Waals surface area contributed by atoms with Crippen molar-refractivity contribution in [2.24, 2.45) is 5.92 Å². The van der Waals surface area contributed by atoms with Crippen LogP contribution in [0.1, 0.15) is 52.9 Å². The highest BCUT2D eigenvalue weighted by molar-refractivity contribution is 6.00. The lowest BCUT2D eigenvalue weighted by molar-refractivity contribution is -0.138. The van der Waals surface area contributed by atoms with Crippen molar-refractivity contribution in [3.63, 3.8) is 0 Å². The first kappa shape index (κ1) is 22.1. The van der Waals surface area contributed by atoms with Gasteiger partial charge in [0.2, 0.25) is 11.8 Å². The molecule has 0 bridgehead atoms. The molecular weight excluding hydrogens is 382 g/mol. The van der Waals surface area contributed by atoms with Crippen LogP contribution in [0.5, 0.6) is 5.75 Å². The molecule has 0 spiro atoms. The number of ether oxygens (including phenoxy) is 1. The number of hydrogen-bond donors (Lipinski definition) is 1. The number of rotatable bonds is 7. The number of nitrogens with one attached hydrogen (secondary N) is 1. The third-order valence-corrected chi connectivity index (χ3v) is 6.03. The van der Waals surface area contributed by atoms with Crippen molar-refractivity contribution in [3.8, 4) is 5.75 Å². The Morgan fingerprint density at radius 1 is 1.20 bits per heavy atom. The van der Waals surface area contributed by atoms with Crippen LogP contribution < -0.4 is 15.0 Å². The highest BCUT2D eigenvalue weighted by atomic mass is 16.5. The highest BCUT2D eigenvalue weighted by Gasteiger charge is 2.34. The molecule has 1 aromatic carbocycles. The number of hydrogen-bond acceptors (Lipinski definition) is 4. The number of piperidine rings is 1. The van der Waals surface area contributed by atoms with E-state index in [0.29, 0.717) is 31.1 Å². The molecule has 0 aliphatic carbocycles. The zero-order chi connectivity index (χ0) is 21.7. The van der Waals surface area contributed by atoms with Crippen LogP contribution in [0, 0.1) is 5.92 Å². The minimum Gasteiger partial charge on any atom is -0.479 e. The van der Waals surface area contributed by atoms with E-state index < -0.39 is 6.10 Å². The van der Waals surface area contributed by atoms with Crippen LogP contribution in [-0.4, -0.2) is 54.4 Å². The third kappa shape index (κ3) is 4.94. The maximum Gasteiger partial charge on any atom is 0.267 e. The van der Waals surface area contributed by atoms with Gasteiger partial charge in [0.1, 0.15) is 5.75 Å². The molecule has 1 fully saturated rings. The standard InChI is InChI=1S/C23H33N3O4/c1-4-5-13-24-22(28)18-11-10-16(2)26(15-18)21(27)12-14-25-19-8-6-7-9-20(19)30-17(3)23(25)29/h6-9,16-18H,4-5,10-15H2,1-3H3,(H,24,28). The number of anilines is 1. The second-order valence-corrected chi connectivity index (χ2v) is 8.28. The molecule has 1 saturated heterocycles. The zero-order valence-corrected chi connectivity index (χ0v) is 18.2. The fourth-order valence-electron chi connectivity index (χ4n) is 4.14. The summed E-state index contributed by atoms with van der Waals surface area (Å²) in [6.07, 6.45) is 3.27. The molecule has 3 unspecified atom stereocenters. The van der Waals surface area contributed by atoms with Crippen LogP contribution in [-0.2, 0) is 14.4 Å². The average Bonchev–Trinajstić information content (AvgIpc) is 2.74. The fraction of sp³-hybridized carbons (Fsp3) is 0.609. The van der Waals surface area contributed by atoms with Crippen LogP contribution in [0.2, 0.25) is 0 Å². The zero-order valence-electron chi connectivity index (χ0n) is 18.2. The van der Waals surface area contributed by atoms with Gasteiger partial charge in [-0.25, -0.2) is 0 Å². The summed E-state index contributed by atoms with van der Waals surface area (Å²) in [6, 6.07) is 7.50. The van der Waals surface area contributed by atoms with Gasteiger partial charge in [0.15, 0.2) is 6.10 Å². The number of para-hydroxylation sites is 2. The van der Waals surface area contributed by atoms with E-state index in [1.54, 1.807) is 11.8 Å². The summed E-state index contributed by atoms with van der Waals surface area (Å²) in [5.41, 5.74) is 0.702. The lowest BCUT2D eigenvalue weighted by Crippen LogP contribution is -2.51. The van der Waals surface area contributed by atoms with E-state index in [1.807, 2.05) is 36.1 Å². The summed E-state index contributed by atoms with van der Waals surface area (Å²) in [5.74, 6) is 0.388. The Bertz CT molecular complexity index is 781. The molecule has 0 saturated carbocycles. The summed E-state index contributed by atoms with van der Waals surface area (Å²) in [4.78, 5) is 41.5. The lowest BCUT2D eigenvalue weighted by atomic mass is 9.92. The van der Waals surface area contributed by atoms with Gasteiger partial charge in [-0.1, -0.05) is 25.5 Å². The fourth-order valence-corrected chi connectivity index (χ4v) is 4.14. The topological polar surface area (TPSA) is 79.0 Å². The van der Waals surface area contributed by atoms with Crippen LogP contribution in [0.3, 0.4) is 0 Å². The Kier molecular flexibility index (Phi) is 7.34. The Morgan fingerprint density at radius 3 is 2.73 bits per heavy atom. The van der Waals surface area contributed by atoms with E-state index in [1.165, 1.54) is 0 Å². The van der Waals surface area contributed by atoms with Crippen LogP contribution in [0.15, 0.2) is 24.3 Å². The Hall–Kier alpha value is -2.57. The van der Waals surface area contributed by atoms with Gasteiger partial charge in [-0.2, -0.15) is 0 Å². The van der Waals surface area contributed by atoms with Gasteiger partial charge in [-0.3, -0.25) is 14.4 Å². The molecule has 2 heterocycles. The van der Waals surface area contributed by atoms with Gasteiger partial charge in [0.25, 0.3) is 5.91 Å². The largest absolute Gasteiger partial charge is 0.479 e. The minimum absolute atomic E-state index is 0.0158. The smallest absolute Gasteiger partial charge is 0.267 e. The van der Waals surface area contributed by atoms with Crippen molar-refractivity contribution in [3.05, 3.63) is 24.3 Å². The normalized spacial score (nSPS) is 23.6. The Morgan fingerprint density at radius 2 is 1.97 bits per heavy atom. The molecule has 7 heteroatoms. The number of likely N-dealkylation sites (tertiary alicyclic amines) is 1. The van der Waals surface area contributed by atoms with Gasteiger partial charge >= 0.3 is 0 Å². The third-order valence-electron chi connectivity index (χ3n) is 6.03. The number of carbonyl (C=O) groups is 3.